The summed E-state index contributed by atoms with van der Waals surface area (Å²) in [7, 11) is 0. The topological polar surface area (TPSA) is 12.0 Å². The van der Waals surface area contributed by atoms with Crippen molar-refractivity contribution in [1.29, 1.82) is 0 Å². The number of rotatable bonds is 5. The van der Waals surface area contributed by atoms with Gasteiger partial charge in [0.25, 0.3) is 0 Å². The van der Waals surface area contributed by atoms with E-state index in [1.807, 2.05) is 11.3 Å². The van der Waals surface area contributed by atoms with Crippen molar-refractivity contribution in [2.75, 3.05) is 0 Å². The maximum absolute atomic E-state index is 3.83. The van der Waals surface area contributed by atoms with Gasteiger partial charge in [-0.3, -0.25) is 0 Å². The SMILES string of the molecule is CC(C)CCC(C)NC1CCCc2sc(Br)cc21. The van der Waals surface area contributed by atoms with Gasteiger partial charge in [-0.05, 0) is 72.5 Å². The number of nitrogens with one attached hydrogen (secondary N) is 1. The summed E-state index contributed by atoms with van der Waals surface area (Å²) >= 11 is 5.54. The molecule has 0 saturated heterocycles. The van der Waals surface area contributed by atoms with Crippen LogP contribution in [0, 0.1) is 5.92 Å². The zero-order valence-electron chi connectivity index (χ0n) is 11.6. The Morgan fingerprint density at radius 3 is 2.89 bits per heavy atom. The summed E-state index contributed by atoms with van der Waals surface area (Å²) in [6.07, 6.45) is 6.50. The standard InChI is InChI=1S/C15H24BrNS/c1-10(2)7-8-11(3)17-13-5-4-6-14-12(13)9-15(16)18-14/h9-11,13,17H,4-8H2,1-3H3. The van der Waals surface area contributed by atoms with Gasteiger partial charge in [0.15, 0.2) is 0 Å². The smallest absolute Gasteiger partial charge is 0.0704 e. The highest BCUT2D eigenvalue weighted by molar-refractivity contribution is 9.11. The van der Waals surface area contributed by atoms with Crippen LogP contribution in [-0.4, -0.2) is 6.04 Å². The van der Waals surface area contributed by atoms with Gasteiger partial charge in [0.2, 0.25) is 0 Å². The third-order valence-electron chi connectivity index (χ3n) is 3.75. The fourth-order valence-electron chi connectivity index (χ4n) is 2.70. The first kappa shape index (κ1) is 14.5. The quantitative estimate of drug-likeness (QED) is 0.772. The van der Waals surface area contributed by atoms with E-state index >= 15 is 0 Å². The van der Waals surface area contributed by atoms with Crippen LogP contribution < -0.4 is 5.32 Å². The van der Waals surface area contributed by atoms with Crippen LogP contribution in [0.1, 0.15) is 62.9 Å². The molecule has 1 aromatic heterocycles. The molecule has 0 saturated carbocycles. The first-order valence-corrected chi connectivity index (χ1v) is 8.71. The second-order valence-electron chi connectivity index (χ2n) is 5.91. The summed E-state index contributed by atoms with van der Waals surface area (Å²) in [6, 6.07) is 3.53. The molecule has 2 rings (SSSR count). The van der Waals surface area contributed by atoms with E-state index in [0.29, 0.717) is 12.1 Å². The van der Waals surface area contributed by atoms with E-state index in [0.717, 1.165) is 5.92 Å². The molecule has 1 nitrogen and oxygen atoms in total. The summed E-state index contributed by atoms with van der Waals surface area (Å²) in [5.74, 6) is 0.812. The number of aryl methyl sites for hydroxylation is 1. The molecule has 0 aliphatic heterocycles. The molecule has 0 spiro atoms. The van der Waals surface area contributed by atoms with Gasteiger partial charge in [0.05, 0.1) is 3.79 Å². The molecule has 1 aliphatic rings. The molecule has 0 radical (unpaired) electrons. The second kappa shape index (κ2) is 6.53. The van der Waals surface area contributed by atoms with E-state index in [1.54, 1.807) is 10.4 Å². The molecule has 1 heterocycles. The number of halogens is 1. The van der Waals surface area contributed by atoms with Crippen molar-refractivity contribution in [3.05, 3.63) is 20.3 Å². The highest BCUT2D eigenvalue weighted by atomic mass is 79.9. The molecular weight excluding hydrogens is 306 g/mol. The average molecular weight is 330 g/mol. The van der Waals surface area contributed by atoms with E-state index in [1.165, 1.54) is 35.9 Å². The van der Waals surface area contributed by atoms with E-state index in [9.17, 15) is 0 Å². The minimum absolute atomic E-state index is 0.582. The Morgan fingerprint density at radius 2 is 2.17 bits per heavy atom. The Bertz CT molecular complexity index is 386. The third kappa shape index (κ3) is 3.82. The summed E-state index contributed by atoms with van der Waals surface area (Å²) in [4.78, 5) is 1.58. The highest BCUT2D eigenvalue weighted by Crippen LogP contribution is 2.38. The Hall–Kier alpha value is 0.140. The lowest BCUT2D eigenvalue weighted by atomic mass is 9.93. The maximum Gasteiger partial charge on any atom is 0.0704 e. The van der Waals surface area contributed by atoms with E-state index in [2.05, 4.69) is 48.1 Å². The molecule has 18 heavy (non-hydrogen) atoms. The van der Waals surface area contributed by atoms with Gasteiger partial charge in [-0.15, -0.1) is 11.3 Å². The molecule has 0 fully saturated rings. The predicted octanol–water partition coefficient (Wildman–Crippen LogP) is 5.30. The first-order chi connectivity index (χ1) is 8.56. The van der Waals surface area contributed by atoms with Crippen LogP contribution in [0.15, 0.2) is 9.85 Å². The van der Waals surface area contributed by atoms with Crippen LogP contribution >= 0.6 is 27.3 Å². The molecule has 1 N–H and O–H groups in total. The molecule has 102 valence electrons. The van der Waals surface area contributed by atoms with Gasteiger partial charge in [-0.2, -0.15) is 0 Å². The minimum Gasteiger partial charge on any atom is -0.307 e. The van der Waals surface area contributed by atoms with Gasteiger partial charge in [0, 0.05) is 17.0 Å². The van der Waals surface area contributed by atoms with Crippen LogP contribution in [0.3, 0.4) is 0 Å². The van der Waals surface area contributed by atoms with Crippen LogP contribution in [0.25, 0.3) is 0 Å². The van der Waals surface area contributed by atoms with E-state index in [4.69, 9.17) is 0 Å². The maximum atomic E-state index is 3.83. The Labute approximate surface area is 123 Å². The van der Waals surface area contributed by atoms with Crippen LogP contribution in [-0.2, 0) is 6.42 Å². The normalized spacial score (nSPS) is 21.1. The van der Waals surface area contributed by atoms with Crippen molar-refractivity contribution < 1.29 is 0 Å². The summed E-state index contributed by atoms with van der Waals surface area (Å²) in [5.41, 5.74) is 1.55. The minimum atomic E-state index is 0.582. The zero-order chi connectivity index (χ0) is 13.1. The summed E-state index contributed by atoms with van der Waals surface area (Å²) in [5, 5.41) is 3.83. The molecule has 1 aromatic rings. The first-order valence-electron chi connectivity index (χ1n) is 7.10. The Morgan fingerprint density at radius 1 is 1.39 bits per heavy atom. The summed E-state index contributed by atoms with van der Waals surface area (Å²) < 4.78 is 1.29. The van der Waals surface area contributed by atoms with Gasteiger partial charge in [-0.25, -0.2) is 0 Å². The second-order valence-corrected chi connectivity index (χ2v) is 8.43. The van der Waals surface area contributed by atoms with Crippen molar-refractivity contribution in [2.45, 2.75) is 65.0 Å². The zero-order valence-corrected chi connectivity index (χ0v) is 14.0. The monoisotopic (exact) mass is 329 g/mol. The van der Waals surface area contributed by atoms with Gasteiger partial charge in [-0.1, -0.05) is 13.8 Å². The van der Waals surface area contributed by atoms with Gasteiger partial charge in [0.1, 0.15) is 0 Å². The van der Waals surface area contributed by atoms with Crippen LogP contribution in [0.5, 0.6) is 0 Å². The number of fused-ring (bicyclic) bond motifs is 1. The molecule has 0 bridgehead atoms. The molecule has 0 amide bonds. The molecule has 2 unspecified atom stereocenters. The number of hydrogen-bond acceptors (Lipinski definition) is 2. The van der Waals surface area contributed by atoms with Crippen molar-refractivity contribution >= 4 is 27.3 Å². The Balaban J connectivity index is 1.94. The predicted molar refractivity (Wildman–Crippen MR) is 84.4 cm³/mol. The lowest BCUT2D eigenvalue weighted by Crippen LogP contribution is -2.32. The Kier molecular flexibility index (Phi) is 5.28. The van der Waals surface area contributed by atoms with E-state index < -0.39 is 0 Å². The van der Waals surface area contributed by atoms with Gasteiger partial charge >= 0.3 is 0 Å². The fraction of sp³-hybridized carbons (Fsp3) is 0.733. The molecule has 0 aromatic carbocycles. The van der Waals surface area contributed by atoms with E-state index in [-0.39, 0.29) is 0 Å². The van der Waals surface area contributed by atoms with Gasteiger partial charge < -0.3 is 5.32 Å². The van der Waals surface area contributed by atoms with Crippen molar-refractivity contribution in [1.82, 2.24) is 5.32 Å². The lowest BCUT2D eigenvalue weighted by molar-refractivity contribution is 0.377. The molecular formula is C15H24BrNS. The fourth-order valence-corrected chi connectivity index (χ4v) is 4.52. The number of thiophene rings is 1. The van der Waals surface area contributed by atoms with Crippen molar-refractivity contribution in [3.63, 3.8) is 0 Å². The highest BCUT2D eigenvalue weighted by Gasteiger charge is 2.23. The average Bonchev–Trinajstić information content (AvgIpc) is 2.68. The third-order valence-corrected chi connectivity index (χ3v) is 5.46. The summed E-state index contributed by atoms with van der Waals surface area (Å²) in [6.45, 7) is 6.95. The van der Waals surface area contributed by atoms with Crippen molar-refractivity contribution in [2.24, 2.45) is 5.92 Å². The number of hydrogen-bond donors (Lipinski definition) is 1. The molecule has 3 heteroatoms. The largest absolute Gasteiger partial charge is 0.307 e. The van der Waals surface area contributed by atoms with Crippen LogP contribution in [0.4, 0.5) is 0 Å². The lowest BCUT2D eigenvalue weighted by Gasteiger charge is -2.27. The molecule has 1 aliphatic carbocycles. The van der Waals surface area contributed by atoms with Crippen molar-refractivity contribution in [3.8, 4) is 0 Å². The van der Waals surface area contributed by atoms with Crippen LogP contribution in [0.2, 0.25) is 0 Å². The molecule has 2 atom stereocenters.